The zero-order valence-corrected chi connectivity index (χ0v) is 11.2. The van der Waals surface area contributed by atoms with Crippen LogP contribution in [-0.2, 0) is 0 Å². The summed E-state index contributed by atoms with van der Waals surface area (Å²) in [6, 6.07) is 1.38. The van der Waals surface area contributed by atoms with Gasteiger partial charge >= 0.3 is 0 Å². The molecule has 1 aliphatic heterocycles. The molecule has 0 radical (unpaired) electrons. The van der Waals surface area contributed by atoms with Gasteiger partial charge in [0.25, 0.3) is 0 Å². The maximum atomic E-state index is 3.88. The average molecular weight is 224 g/mol. The van der Waals surface area contributed by atoms with Gasteiger partial charge < -0.3 is 5.32 Å². The second-order valence-corrected chi connectivity index (χ2v) is 5.09. The van der Waals surface area contributed by atoms with Crippen molar-refractivity contribution in [2.75, 3.05) is 19.6 Å². The van der Waals surface area contributed by atoms with E-state index in [0.717, 1.165) is 19.0 Å². The van der Waals surface area contributed by atoms with E-state index in [2.05, 4.69) is 37.6 Å². The van der Waals surface area contributed by atoms with Gasteiger partial charge in [0.2, 0.25) is 0 Å². The molecule has 1 fully saturated rings. The van der Waals surface area contributed by atoms with E-state index in [0.29, 0.717) is 12.1 Å². The third-order valence-corrected chi connectivity index (χ3v) is 3.84. The molecule has 2 nitrogen and oxygen atoms in total. The molecule has 1 aliphatic rings. The summed E-state index contributed by atoms with van der Waals surface area (Å²) in [5.74, 6) is 0.773. The van der Waals surface area contributed by atoms with Crippen molar-refractivity contribution in [2.45, 2.75) is 52.1 Å². The Morgan fingerprint density at radius 1 is 1.50 bits per heavy atom. The van der Waals surface area contributed by atoms with E-state index in [1.54, 1.807) is 0 Å². The van der Waals surface area contributed by atoms with Gasteiger partial charge in [-0.1, -0.05) is 39.7 Å². The lowest BCUT2D eigenvalue weighted by atomic mass is 9.93. The SMILES string of the molecule is C=CCN1CC(CCC)NCC1C(C)CC. The average Bonchev–Trinajstić information content (AvgIpc) is 2.29. The Morgan fingerprint density at radius 3 is 2.81 bits per heavy atom. The van der Waals surface area contributed by atoms with Gasteiger partial charge in [-0.05, 0) is 12.3 Å². The topological polar surface area (TPSA) is 15.3 Å². The normalized spacial score (nSPS) is 28.9. The Labute approximate surface area is 101 Å². The Hall–Kier alpha value is -0.340. The summed E-state index contributed by atoms with van der Waals surface area (Å²) in [4.78, 5) is 2.61. The van der Waals surface area contributed by atoms with Crippen LogP contribution in [0.5, 0.6) is 0 Å². The smallest absolute Gasteiger partial charge is 0.0250 e. The molecule has 3 unspecified atom stereocenters. The van der Waals surface area contributed by atoms with Crippen LogP contribution in [0.1, 0.15) is 40.0 Å². The van der Waals surface area contributed by atoms with Crippen molar-refractivity contribution in [1.82, 2.24) is 10.2 Å². The van der Waals surface area contributed by atoms with Crippen molar-refractivity contribution >= 4 is 0 Å². The summed E-state index contributed by atoms with van der Waals surface area (Å²) in [6.45, 7) is 14.2. The monoisotopic (exact) mass is 224 g/mol. The van der Waals surface area contributed by atoms with Crippen LogP contribution in [0, 0.1) is 5.92 Å². The number of nitrogens with one attached hydrogen (secondary N) is 1. The van der Waals surface area contributed by atoms with Crippen molar-refractivity contribution in [3.8, 4) is 0 Å². The van der Waals surface area contributed by atoms with Crippen molar-refractivity contribution in [3.05, 3.63) is 12.7 Å². The molecule has 3 atom stereocenters. The Bertz CT molecular complexity index is 203. The maximum absolute atomic E-state index is 3.88. The highest BCUT2D eigenvalue weighted by molar-refractivity contribution is 4.91. The molecule has 0 aromatic carbocycles. The quantitative estimate of drug-likeness (QED) is 0.698. The van der Waals surface area contributed by atoms with Crippen molar-refractivity contribution in [3.63, 3.8) is 0 Å². The first-order valence-electron chi connectivity index (χ1n) is 6.81. The summed E-state index contributed by atoms with van der Waals surface area (Å²) < 4.78 is 0. The van der Waals surface area contributed by atoms with Crippen molar-refractivity contribution in [2.24, 2.45) is 5.92 Å². The third kappa shape index (κ3) is 3.60. The van der Waals surface area contributed by atoms with Gasteiger partial charge in [-0.15, -0.1) is 6.58 Å². The Kier molecular flexibility index (Phi) is 6.07. The van der Waals surface area contributed by atoms with E-state index >= 15 is 0 Å². The van der Waals surface area contributed by atoms with Gasteiger partial charge in [0.15, 0.2) is 0 Å². The van der Waals surface area contributed by atoms with E-state index in [1.807, 2.05) is 6.08 Å². The molecule has 16 heavy (non-hydrogen) atoms. The minimum atomic E-state index is 0.685. The molecular weight excluding hydrogens is 196 g/mol. The van der Waals surface area contributed by atoms with Crippen molar-refractivity contribution in [1.29, 1.82) is 0 Å². The molecule has 1 heterocycles. The molecule has 0 amide bonds. The Balaban J connectivity index is 2.55. The highest BCUT2D eigenvalue weighted by Crippen LogP contribution is 2.19. The van der Waals surface area contributed by atoms with Gasteiger partial charge in [0, 0.05) is 31.7 Å². The summed E-state index contributed by atoms with van der Waals surface area (Å²) in [5.41, 5.74) is 0. The van der Waals surface area contributed by atoms with E-state index in [9.17, 15) is 0 Å². The van der Waals surface area contributed by atoms with Crippen LogP contribution in [0.2, 0.25) is 0 Å². The van der Waals surface area contributed by atoms with Gasteiger partial charge in [-0.3, -0.25) is 4.90 Å². The number of nitrogens with zero attached hydrogens (tertiary/aromatic N) is 1. The molecule has 0 saturated carbocycles. The number of hydrogen-bond acceptors (Lipinski definition) is 2. The van der Waals surface area contributed by atoms with Crippen molar-refractivity contribution < 1.29 is 0 Å². The lowest BCUT2D eigenvalue weighted by Crippen LogP contribution is -2.58. The van der Waals surface area contributed by atoms with Crippen LogP contribution in [0.25, 0.3) is 0 Å². The fraction of sp³-hybridized carbons (Fsp3) is 0.857. The highest BCUT2D eigenvalue weighted by Gasteiger charge is 2.29. The number of piperazine rings is 1. The summed E-state index contributed by atoms with van der Waals surface area (Å²) in [5, 5.41) is 3.70. The molecule has 94 valence electrons. The molecule has 0 aliphatic carbocycles. The third-order valence-electron chi connectivity index (χ3n) is 3.84. The first kappa shape index (κ1) is 13.7. The summed E-state index contributed by atoms with van der Waals surface area (Å²) in [7, 11) is 0. The first-order valence-corrected chi connectivity index (χ1v) is 6.81. The molecular formula is C14H28N2. The fourth-order valence-electron chi connectivity index (χ4n) is 2.65. The first-order chi connectivity index (χ1) is 7.72. The second-order valence-electron chi connectivity index (χ2n) is 5.09. The van der Waals surface area contributed by atoms with Crippen LogP contribution < -0.4 is 5.32 Å². The summed E-state index contributed by atoms with van der Waals surface area (Å²) in [6.07, 6.45) is 5.87. The molecule has 0 bridgehead atoms. The van der Waals surface area contributed by atoms with Gasteiger partial charge in [0.05, 0.1) is 0 Å². The lowest BCUT2D eigenvalue weighted by Gasteiger charge is -2.42. The van der Waals surface area contributed by atoms with Gasteiger partial charge in [-0.2, -0.15) is 0 Å². The molecule has 1 rings (SSSR count). The van der Waals surface area contributed by atoms with E-state index in [-0.39, 0.29) is 0 Å². The largest absolute Gasteiger partial charge is 0.311 e. The fourth-order valence-corrected chi connectivity index (χ4v) is 2.65. The lowest BCUT2D eigenvalue weighted by molar-refractivity contribution is 0.101. The zero-order chi connectivity index (χ0) is 12.0. The molecule has 0 spiro atoms. The highest BCUT2D eigenvalue weighted by atomic mass is 15.2. The van der Waals surface area contributed by atoms with Crippen LogP contribution in [0.15, 0.2) is 12.7 Å². The molecule has 2 heteroatoms. The van der Waals surface area contributed by atoms with E-state index < -0.39 is 0 Å². The maximum Gasteiger partial charge on any atom is 0.0250 e. The van der Waals surface area contributed by atoms with Crippen LogP contribution in [0.4, 0.5) is 0 Å². The summed E-state index contributed by atoms with van der Waals surface area (Å²) >= 11 is 0. The number of hydrogen-bond donors (Lipinski definition) is 1. The minimum absolute atomic E-state index is 0.685. The van der Waals surface area contributed by atoms with Crippen LogP contribution in [0.3, 0.4) is 0 Å². The van der Waals surface area contributed by atoms with E-state index in [4.69, 9.17) is 0 Å². The molecule has 0 aromatic rings. The van der Waals surface area contributed by atoms with Crippen LogP contribution in [-0.4, -0.2) is 36.6 Å². The zero-order valence-electron chi connectivity index (χ0n) is 11.2. The standard InChI is InChI=1S/C14H28N2/c1-5-8-13-11-16(9-6-2)14(10-15-13)12(4)7-3/h6,12-15H,2,5,7-11H2,1,3-4H3. The molecule has 0 aromatic heterocycles. The van der Waals surface area contributed by atoms with E-state index in [1.165, 1.54) is 25.8 Å². The molecule has 1 N–H and O–H groups in total. The Morgan fingerprint density at radius 2 is 2.25 bits per heavy atom. The molecule has 1 saturated heterocycles. The van der Waals surface area contributed by atoms with Gasteiger partial charge in [-0.25, -0.2) is 0 Å². The van der Waals surface area contributed by atoms with Crippen LogP contribution >= 0.6 is 0 Å². The predicted molar refractivity (Wildman–Crippen MR) is 71.7 cm³/mol. The predicted octanol–water partition coefficient (Wildman–Crippen LogP) is 2.66. The number of rotatable bonds is 6. The minimum Gasteiger partial charge on any atom is -0.311 e. The second kappa shape index (κ2) is 7.08. The van der Waals surface area contributed by atoms with Gasteiger partial charge in [0.1, 0.15) is 0 Å².